The SMILES string of the molecule is CCC(C)(CC)C(=O)/C=C(\O)C(C)(CC)CC.Cc1csc2ccc3c(oc4ccnc(-c5[c-]c6ccsc6c(C(C)(C)C)c5)c43)c12.[Ir]. The van der Waals surface area contributed by atoms with Crippen LogP contribution in [0.2, 0.25) is 0 Å². The number of hydrogen-bond acceptors (Lipinski definition) is 6. The summed E-state index contributed by atoms with van der Waals surface area (Å²) in [7, 11) is 0. The van der Waals surface area contributed by atoms with Gasteiger partial charge in [-0.25, -0.2) is 0 Å². The molecule has 2 aromatic carbocycles. The molecule has 4 aromatic heterocycles. The molecule has 0 fully saturated rings. The molecule has 257 valence electrons. The number of ketones is 1. The fraction of sp³-hybridized carbons (Fsp3) is 0.415. The van der Waals surface area contributed by atoms with Crippen LogP contribution in [-0.2, 0) is 30.3 Å². The molecule has 4 heterocycles. The van der Waals surface area contributed by atoms with Crippen molar-refractivity contribution in [2.75, 3.05) is 0 Å². The van der Waals surface area contributed by atoms with Gasteiger partial charge in [-0.15, -0.1) is 34.9 Å². The second-order valence-corrected chi connectivity index (χ2v) is 16.1. The average molecular weight is 859 g/mol. The maximum Gasteiger partial charge on any atom is 0.164 e. The number of aromatic nitrogens is 1. The van der Waals surface area contributed by atoms with Crippen molar-refractivity contribution in [2.45, 2.75) is 100 Å². The molecule has 0 unspecified atom stereocenters. The number of furan rings is 1. The number of allylic oxidation sites excluding steroid dienone is 2. The first kappa shape index (κ1) is 38.0. The van der Waals surface area contributed by atoms with Gasteiger partial charge in [0.1, 0.15) is 16.9 Å². The van der Waals surface area contributed by atoms with E-state index in [1.54, 1.807) is 22.7 Å². The van der Waals surface area contributed by atoms with Gasteiger partial charge in [0.25, 0.3) is 0 Å². The Hall–Kier alpha value is -2.83. The van der Waals surface area contributed by atoms with E-state index < -0.39 is 0 Å². The number of carbonyl (C=O) groups is 1. The maximum absolute atomic E-state index is 12.2. The number of aryl methyl sites for hydroxylation is 1. The quantitative estimate of drug-likeness (QED) is 0.0941. The zero-order valence-corrected chi connectivity index (χ0v) is 33.9. The predicted molar refractivity (Wildman–Crippen MR) is 203 cm³/mol. The summed E-state index contributed by atoms with van der Waals surface area (Å²) in [5.41, 5.74) is 5.85. The van der Waals surface area contributed by atoms with Crippen molar-refractivity contribution in [3.05, 3.63) is 76.3 Å². The number of carbonyl (C=O) groups excluding carboxylic acids is 1. The molecule has 0 amide bonds. The van der Waals surface area contributed by atoms with Gasteiger partial charge in [0.2, 0.25) is 0 Å². The van der Waals surface area contributed by atoms with Gasteiger partial charge in [0.05, 0.1) is 0 Å². The Balaban J connectivity index is 0.000000251. The van der Waals surface area contributed by atoms with Crippen LogP contribution in [-0.4, -0.2) is 15.9 Å². The van der Waals surface area contributed by atoms with Crippen LogP contribution in [0.1, 0.15) is 99.1 Å². The Kier molecular flexibility index (Phi) is 11.5. The van der Waals surface area contributed by atoms with Crippen molar-refractivity contribution in [2.24, 2.45) is 10.8 Å². The van der Waals surface area contributed by atoms with Crippen molar-refractivity contribution in [1.82, 2.24) is 4.98 Å². The Morgan fingerprint density at radius 2 is 1.60 bits per heavy atom. The fourth-order valence-corrected chi connectivity index (χ4v) is 8.05. The minimum Gasteiger partial charge on any atom is -0.512 e. The molecule has 6 aromatic rings. The van der Waals surface area contributed by atoms with E-state index >= 15 is 0 Å². The largest absolute Gasteiger partial charge is 0.512 e. The van der Waals surface area contributed by atoms with Gasteiger partial charge in [0, 0.05) is 69.8 Å². The molecule has 0 aliphatic carbocycles. The van der Waals surface area contributed by atoms with Crippen LogP contribution >= 0.6 is 22.7 Å². The van der Waals surface area contributed by atoms with E-state index in [1.165, 1.54) is 32.0 Å². The Labute approximate surface area is 307 Å². The van der Waals surface area contributed by atoms with Gasteiger partial charge in [0.15, 0.2) is 5.78 Å². The van der Waals surface area contributed by atoms with Crippen molar-refractivity contribution in [3.8, 4) is 11.3 Å². The molecule has 0 aliphatic rings. The van der Waals surface area contributed by atoms with Gasteiger partial charge in [-0.05, 0) is 77.2 Å². The van der Waals surface area contributed by atoms with Crippen LogP contribution in [0.15, 0.2) is 63.5 Å². The monoisotopic (exact) mass is 859 g/mol. The summed E-state index contributed by atoms with van der Waals surface area (Å²) in [6, 6.07) is 14.4. The van der Waals surface area contributed by atoms with Gasteiger partial charge >= 0.3 is 0 Å². The number of thiophene rings is 2. The number of hydrogen-bond donors (Lipinski definition) is 1. The van der Waals surface area contributed by atoms with Gasteiger partial charge in [-0.3, -0.25) is 9.78 Å². The number of benzene rings is 2. The molecular weight excluding hydrogens is 811 g/mol. The first-order chi connectivity index (χ1) is 22.2. The molecule has 1 N–H and O–H groups in total. The molecule has 0 aliphatic heterocycles. The third kappa shape index (κ3) is 6.94. The standard InChI is InChI=1S/C26H20NOS2.C15H28O2.Ir/c1-14-13-30-20-6-5-17-22-19(28-24(17)21(14)20)7-9-27-23(22)16-11-15-8-10-29-25(15)18(12-16)26(2,3)4;1-7-14(5,8-2)12(16)11-13(17)15(6,9-3)10-4;/h5-10,12-13H,1-4H3;11,16H,7-10H2,1-6H3;/q-1;;/b;12-11-;. The van der Waals surface area contributed by atoms with E-state index in [2.05, 4.69) is 68.8 Å². The van der Waals surface area contributed by atoms with Crippen LogP contribution in [0.25, 0.3) is 53.4 Å². The summed E-state index contributed by atoms with van der Waals surface area (Å²) < 4.78 is 8.96. The third-order valence-corrected chi connectivity index (χ3v) is 12.4. The van der Waals surface area contributed by atoms with Crippen LogP contribution in [0.4, 0.5) is 0 Å². The number of rotatable bonds is 8. The molecule has 4 nitrogen and oxygen atoms in total. The summed E-state index contributed by atoms with van der Waals surface area (Å²) in [5.74, 6) is 0.286. The molecule has 1 radical (unpaired) electrons. The number of aliphatic hydroxyl groups is 1. The predicted octanol–water partition coefficient (Wildman–Crippen LogP) is 13.1. The van der Waals surface area contributed by atoms with Gasteiger partial charge in [-0.1, -0.05) is 73.4 Å². The second-order valence-electron chi connectivity index (χ2n) is 14.3. The van der Waals surface area contributed by atoms with Gasteiger partial charge < -0.3 is 9.52 Å². The summed E-state index contributed by atoms with van der Waals surface area (Å²) in [5, 5.41) is 19.1. The molecular formula is C41H48IrNO3S2-. The third-order valence-electron chi connectivity index (χ3n) is 10.4. The minimum atomic E-state index is -0.337. The molecule has 0 bridgehead atoms. The Morgan fingerprint density at radius 1 is 0.938 bits per heavy atom. The summed E-state index contributed by atoms with van der Waals surface area (Å²) in [6.07, 6.45) is 6.60. The fourth-order valence-electron chi connectivity index (χ4n) is 6.03. The van der Waals surface area contributed by atoms with Crippen molar-refractivity contribution >= 4 is 70.6 Å². The molecule has 0 atom stereocenters. The van der Waals surface area contributed by atoms with Gasteiger partial charge in [-0.2, -0.15) is 11.3 Å². The average Bonchev–Trinajstić information content (AvgIpc) is 3.79. The maximum atomic E-state index is 12.2. The van der Waals surface area contributed by atoms with Crippen LogP contribution in [0.3, 0.4) is 0 Å². The van der Waals surface area contributed by atoms with E-state index in [0.717, 1.165) is 64.3 Å². The molecule has 0 saturated heterocycles. The van der Waals surface area contributed by atoms with Crippen LogP contribution in [0, 0.1) is 23.8 Å². The Morgan fingerprint density at radius 3 is 2.23 bits per heavy atom. The van der Waals surface area contributed by atoms with Crippen molar-refractivity contribution in [3.63, 3.8) is 0 Å². The minimum absolute atomic E-state index is 0. The van der Waals surface area contributed by atoms with E-state index in [4.69, 9.17) is 9.40 Å². The number of pyridine rings is 1. The van der Waals surface area contributed by atoms with Crippen LogP contribution < -0.4 is 0 Å². The zero-order chi connectivity index (χ0) is 34.3. The van der Waals surface area contributed by atoms with Crippen molar-refractivity contribution in [1.29, 1.82) is 0 Å². The number of aliphatic hydroxyl groups excluding tert-OH is 1. The first-order valence-electron chi connectivity index (χ1n) is 16.8. The van der Waals surface area contributed by atoms with Crippen molar-refractivity contribution < 1.29 is 34.4 Å². The molecule has 0 spiro atoms. The number of fused-ring (bicyclic) bond motifs is 6. The summed E-state index contributed by atoms with van der Waals surface area (Å²) in [6.45, 7) is 21.0. The Bertz CT molecular complexity index is 2100. The second kappa shape index (κ2) is 14.6. The number of nitrogens with zero attached hydrogens (tertiary/aromatic N) is 1. The smallest absolute Gasteiger partial charge is 0.164 e. The first-order valence-corrected chi connectivity index (χ1v) is 18.5. The van der Waals surface area contributed by atoms with E-state index in [9.17, 15) is 9.90 Å². The summed E-state index contributed by atoms with van der Waals surface area (Å²) in [4.78, 5) is 17.0. The van der Waals surface area contributed by atoms with E-state index in [1.807, 2.05) is 53.8 Å². The molecule has 48 heavy (non-hydrogen) atoms. The molecule has 6 rings (SSSR count). The van der Waals surface area contributed by atoms with Crippen LogP contribution in [0.5, 0.6) is 0 Å². The molecule has 0 saturated carbocycles. The molecule has 7 heteroatoms. The van der Waals surface area contributed by atoms with E-state index in [-0.39, 0.29) is 47.9 Å². The summed E-state index contributed by atoms with van der Waals surface area (Å²) >= 11 is 3.55. The van der Waals surface area contributed by atoms with E-state index in [0.29, 0.717) is 0 Å². The topological polar surface area (TPSA) is 63.3 Å². The zero-order valence-electron chi connectivity index (χ0n) is 29.9. The normalized spacial score (nSPS) is 12.8.